The molecule has 0 spiro atoms. The topological polar surface area (TPSA) is 56.2 Å². The summed E-state index contributed by atoms with van der Waals surface area (Å²) in [6, 6.07) is 0. The molecule has 1 rings (SSSR count). The third-order valence-corrected chi connectivity index (χ3v) is 1.80. The lowest BCUT2D eigenvalue weighted by Crippen LogP contribution is -2.37. The van der Waals surface area contributed by atoms with Gasteiger partial charge in [-0.25, -0.2) is 0 Å². The standard InChI is InChI=1S/C6H13NO2.C3H9NO.2CH4/c8-4-1-7-2-5-9-6-3-7;1-4(2)3-5;;/h8H,1-6H2;5H,3H2,1-2H3;2*1H4. The van der Waals surface area contributed by atoms with Crippen molar-refractivity contribution in [3.05, 3.63) is 0 Å². The van der Waals surface area contributed by atoms with Crippen molar-refractivity contribution in [1.82, 2.24) is 9.80 Å². The molecule has 1 fully saturated rings. The number of aliphatic hydroxyl groups excluding tert-OH is 2. The minimum Gasteiger partial charge on any atom is -0.395 e. The maximum Gasteiger partial charge on any atom is 0.0951 e. The van der Waals surface area contributed by atoms with E-state index in [1.807, 2.05) is 0 Å². The Morgan fingerprint density at radius 2 is 1.56 bits per heavy atom. The van der Waals surface area contributed by atoms with Gasteiger partial charge in [0.25, 0.3) is 0 Å². The van der Waals surface area contributed by atoms with Gasteiger partial charge in [0.05, 0.1) is 26.6 Å². The van der Waals surface area contributed by atoms with Crippen LogP contribution < -0.4 is 0 Å². The monoisotopic (exact) mass is 238 g/mol. The van der Waals surface area contributed by atoms with Crippen LogP contribution in [0.15, 0.2) is 0 Å². The molecule has 1 saturated heterocycles. The number of β-amino-alcohol motifs (C(OH)–C–C–N with tert-alkyl or cyclic N) is 1. The van der Waals surface area contributed by atoms with Crippen LogP contribution in [0.4, 0.5) is 0 Å². The zero-order valence-corrected chi connectivity index (χ0v) is 9.15. The van der Waals surface area contributed by atoms with Crippen LogP contribution in [0.1, 0.15) is 14.9 Å². The first-order chi connectivity index (χ1) is 6.70. The van der Waals surface area contributed by atoms with E-state index in [4.69, 9.17) is 14.9 Å². The van der Waals surface area contributed by atoms with E-state index < -0.39 is 0 Å². The number of aliphatic hydroxyl groups is 2. The Hall–Kier alpha value is -0.200. The van der Waals surface area contributed by atoms with Gasteiger partial charge in [-0.05, 0) is 14.1 Å². The second-order valence-corrected chi connectivity index (χ2v) is 3.40. The van der Waals surface area contributed by atoms with E-state index in [-0.39, 0.29) is 28.2 Å². The molecule has 16 heavy (non-hydrogen) atoms. The molecule has 0 aromatic carbocycles. The van der Waals surface area contributed by atoms with Crippen molar-refractivity contribution >= 4 is 0 Å². The van der Waals surface area contributed by atoms with Crippen molar-refractivity contribution in [3.63, 3.8) is 0 Å². The molecular weight excluding hydrogens is 208 g/mol. The average Bonchev–Trinajstić information content (AvgIpc) is 2.21. The van der Waals surface area contributed by atoms with Gasteiger partial charge in [0.15, 0.2) is 0 Å². The van der Waals surface area contributed by atoms with Gasteiger partial charge < -0.3 is 14.9 Å². The highest BCUT2D eigenvalue weighted by molar-refractivity contribution is 4.59. The van der Waals surface area contributed by atoms with Gasteiger partial charge in [-0.3, -0.25) is 9.80 Å². The van der Waals surface area contributed by atoms with Gasteiger partial charge >= 0.3 is 0 Å². The Morgan fingerprint density at radius 3 is 1.88 bits per heavy atom. The fraction of sp³-hybridized carbons (Fsp3) is 1.00. The lowest BCUT2D eigenvalue weighted by atomic mass is 10.4. The maximum atomic E-state index is 8.54. The average molecular weight is 238 g/mol. The molecule has 0 atom stereocenters. The summed E-state index contributed by atoms with van der Waals surface area (Å²) in [6.07, 6.45) is 0. The van der Waals surface area contributed by atoms with Crippen LogP contribution in [0.2, 0.25) is 0 Å². The number of hydrogen-bond donors (Lipinski definition) is 2. The van der Waals surface area contributed by atoms with Crippen molar-refractivity contribution in [2.45, 2.75) is 14.9 Å². The molecule has 5 nitrogen and oxygen atoms in total. The third kappa shape index (κ3) is 13.8. The first-order valence-electron chi connectivity index (χ1n) is 4.87. The van der Waals surface area contributed by atoms with E-state index in [9.17, 15) is 0 Å². The predicted octanol–water partition coefficient (Wildman–Crippen LogP) is 0.0809. The zero-order chi connectivity index (χ0) is 10.8. The highest BCUT2D eigenvalue weighted by Gasteiger charge is 2.07. The molecule has 0 aromatic heterocycles. The summed E-state index contributed by atoms with van der Waals surface area (Å²) in [5.74, 6) is 0. The van der Waals surface area contributed by atoms with Crippen molar-refractivity contribution in [2.75, 3.05) is 60.3 Å². The lowest BCUT2D eigenvalue weighted by Gasteiger charge is -2.25. The van der Waals surface area contributed by atoms with Crippen LogP contribution in [0.3, 0.4) is 0 Å². The Balaban J connectivity index is -0.000000214. The lowest BCUT2D eigenvalue weighted by molar-refractivity contribution is 0.0306. The number of ether oxygens (including phenoxy) is 1. The number of hydrogen-bond acceptors (Lipinski definition) is 5. The van der Waals surface area contributed by atoms with Crippen LogP contribution in [-0.2, 0) is 4.74 Å². The first-order valence-corrected chi connectivity index (χ1v) is 4.87. The summed E-state index contributed by atoms with van der Waals surface area (Å²) in [6.45, 7) is 4.78. The summed E-state index contributed by atoms with van der Waals surface area (Å²) in [5, 5.41) is 16.6. The van der Waals surface area contributed by atoms with Crippen LogP contribution in [0.5, 0.6) is 0 Å². The minimum atomic E-state index is 0. The minimum absolute atomic E-state index is 0. The van der Waals surface area contributed by atoms with Crippen LogP contribution >= 0.6 is 0 Å². The Labute approximate surface area is 101 Å². The van der Waals surface area contributed by atoms with E-state index in [1.54, 1.807) is 19.0 Å². The van der Waals surface area contributed by atoms with Crippen molar-refractivity contribution in [3.8, 4) is 0 Å². The Bertz CT molecular complexity index is 115. The van der Waals surface area contributed by atoms with Gasteiger partial charge in [-0.15, -0.1) is 0 Å². The maximum absolute atomic E-state index is 8.54. The number of rotatable bonds is 3. The van der Waals surface area contributed by atoms with Gasteiger partial charge in [-0.2, -0.15) is 0 Å². The molecule has 1 heterocycles. The highest BCUT2D eigenvalue weighted by atomic mass is 16.5. The second kappa shape index (κ2) is 14.8. The van der Waals surface area contributed by atoms with Crippen molar-refractivity contribution in [2.24, 2.45) is 0 Å². The van der Waals surface area contributed by atoms with Crippen LogP contribution in [0, 0.1) is 0 Å². The molecule has 0 saturated carbocycles. The summed E-state index contributed by atoms with van der Waals surface area (Å²) < 4.78 is 5.12. The molecule has 2 N–H and O–H groups in total. The zero-order valence-electron chi connectivity index (χ0n) is 9.15. The largest absolute Gasteiger partial charge is 0.395 e. The Kier molecular flexibility index (Phi) is 19.5. The normalized spacial score (nSPS) is 15.6. The quantitative estimate of drug-likeness (QED) is 0.682. The highest BCUT2D eigenvalue weighted by Crippen LogP contribution is 1.94. The molecular formula is C11H30N2O3. The summed E-state index contributed by atoms with van der Waals surface area (Å²) in [7, 11) is 3.61. The first kappa shape index (κ1) is 21.1. The van der Waals surface area contributed by atoms with Crippen LogP contribution in [-0.4, -0.2) is 80.3 Å². The molecule has 1 aliphatic rings. The molecule has 0 aliphatic carbocycles. The smallest absolute Gasteiger partial charge is 0.0951 e. The molecule has 102 valence electrons. The van der Waals surface area contributed by atoms with Gasteiger partial charge in [0, 0.05) is 19.6 Å². The number of morpholine rings is 1. The second-order valence-electron chi connectivity index (χ2n) is 3.40. The predicted molar refractivity (Wildman–Crippen MR) is 68.6 cm³/mol. The molecule has 0 bridgehead atoms. The Morgan fingerprint density at radius 1 is 1.12 bits per heavy atom. The van der Waals surface area contributed by atoms with E-state index in [0.717, 1.165) is 32.8 Å². The summed E-state index contributed by atoms with van der Waals surface area (Å²) >= 11 is 0. The van der Waals surface area contributed by atoms with Gasteiger partial charge in [0.2, 0.25) is 0 Å². The van der Waals surface area contributed by atoms with E-state index in [0.29, 0.717) is 0 Å². The number of nitrogens with zero attached hydrogens (tertiary/aromatic N) is 2. The van der Waals surface area contributed by atoms with E-state index in [2.05, 4.69) is 4.90 Å². The van der Waals surface area contributed by atoms with Gasteiger partial charge in [0.1, 0.15) is 0 Å². The molecule has 0 unspecified atom stereocenters. The van der Waals surface area contributed by atoms with E-state index in [1.165, 1.54) is 0 Å². The van der Waals surface area contributed by atoms with Gasteiger partial charge in [-0.1, -0.05) is 14.9 Å². The van der Waals surface area contributed by atoms with Crippen molar-refractivity contribution < 1.29 is 14.9 Å². The van der Waals surface area contributed by atoms with Crippen LogP contribution in [0.25, 0.3) is 0 Å². The van der Waals surface area contributed by atoms with E-state index >= 15 is 0 Å². The molecule has 0 amide bonds. The molecule has 5 heteroatoms. The third-order valence-electron chi connectivity index (χ3n) is 1.80. The SMILES string of the molecule is C.C.CN(C)CO.OCCN1CCOCC1. The fourth-order valence-corrected chi connectivity index (χ4v) is 0.966. The van der Waals surface area contributed by atoms with Crippen molar-refractivity contribution in [1.29, 1.82) is 0 Å². The summed E-state index contributed by atoms with van der Waals surface area (Å²) in [5.41, 5.74) is 0. The summed E-state index contributed by atoms with van der Waals surface area (Å²) in [4.78, 5) is 3.88. The molecule has 1 aliphatic heterocycles. The fourth-order valence-electron chi connectivity index (χ4n) is 0.966. The molecule has 0 aromatic rings. The molecule has 0 radical (unpaired) electrons.